The topological polar surface area (TPSA) is 29.9 Å². The van der Waals surface area contributed by atoms with E-state index in [4.69, 9.17) is 17.2 Å². The lowest BCUT2D eigenvalue weighted by atomic mass is 10.1. The predicted molar refractivity (Wildman–Crippen MR) is 126 cm³/mol. The van der Waals surface area contributed by atoms with Gasteiger partial charge in [-0.05, 0) is 36.4 Å². The summed E-state index contributed by atoms with van der Waals surface area (Å²) in [6.07, 6.45) is 1.83. The lowest BCUT2D eigenvalue weighted by Gasteiger charge is -2.11. The first-order valence-electron chi connectivity index (χ1n) is 9.23. The molecule has 0 spiro atoms. The minimum absolute atomic E-state index is 0.260. The highest BCUT2D eigenvalue weighted by atomic mass is 32.2. The van der Waals surface area contributed by atoms with Crippen LogP contribution in [-0.4, -0.2) is 19.6 Å². The molecule has 0 saturated heterocycles. The Labute approximate surface area is 178 Å². The van der Waals surface area contributed by atoms with Crippen molar-refractivity contribution in [3.8, 4) is 11.3 Å². The molecule has 0 atom stereocenters. The maximum Gasteiger partial charge on any atom is 0.134 e. The third-order valence-electron chi connectivity index (χ3n) is 4.80. The second-order valence-corrected chi connectivity index (χ2v) is 8.38. The quantitative estimate of drug-likeness (QED) is 0.325. The molecule has 0 unspecified atom stereocenters. The summed E-state index contributed by atoms with van der Waals surface area (Å²) < 4.78 is 16.4. The second-order valence-electron chi connectivity index (χ2n) is 6.68. The van der Waals surface area contributed by atoms with Crippen molar-refractivity contribution in [1.29, 1.82) is 0 Å². The van der Waals surface area contributed by atoms with Crippen LogP contribution in [0.1, 0.15) is 5.69 Å². The normalized spacial score (nSPS) is 11.1. The van der Waals surface area contributed by atoms with Crippen LogP contribution in [0.2, 0.25) is 0 Å². The van der Waals surface area contributed by atoms with Gasteiger partial charge in [0, 0.05) is 34.7 Å². The van der Waals surface area contributed by atoms with Gasteiger partial charge in [-0.1, -0.05) is 48.3 Å². The second kappa shape index (κ2) is 8.35. The maximum atomic E-state index is 13.5. The van der Waals surface area contributed by atoms with Crippen molar-refractivity contribution in [1.82, 2.24) is 14.9 Å². The molecule has 0 fully saturated rings. The van der Waals surface area contributed by atoms with Crippen LogP contribution in [0.3, 0.4) is 0 Å². The van der Waals surface area contributed by atoms with E-state index in [2.05, 4.69) is 34.7 Å². The average molecular weight is 422 g/mol. The van der Waals surface area contributed by atoms with E-state index in [-0.39, 0.29) is 5.82 Å². The van der Waals surface area contributed by atoms with Gasteiger partial charge in [-0.3, -0.25) is 0 Å². The summed E-state index contributed by atoms with van der Waals surface area (Å²) in [6, 6.07) is 16.9. The number of pyridine rings is 1. The van der Waals surface area contributed by atoms with Crippen LogP contribution in [0.15, 0.2) is 67.3 Å². The summed E-state index contributed by atoms with van der Waals surface area (Å²) in [5, 5.41) is 5.55. The maximum absolute atomic E-state index is 13.5. The van der Waals surface area contributed by atoms with Crippen LogP contribution in [0.25, 0.3) is 33.1 Å². The van der Waals surface area contributed by atoms with Crippen molar-refractivity contribution in [2.24, 2.45) is 7.05 Å². The Morgan fingerprint density at radius 3 is 2.72 bits per heavy atom. The van der Waals surface area contributed by atoms with Gasteiger partial charge in [-0.25, -0.2) is 9.37 Å². The predicted octanol–water partition coefficient (Wildman–Crippen LogP) is 5.83. The molecule has 0 aliphatic carbocycles. The first-order chi connectivity index (χ1) is 14.1. The summed E-state index contributed by atoms with van der Waals surface area (Å²) >= 11 is 6.90. The molecule has 0 bridgehead atoms. The molecule has 2 aromatic heterocycles. The SMILES string of the molecule is C=CCSC(=S)NCc1cc2c3ccccc3n(C)c2c(-c2ccc(F)cc2)n1. The van der Waals surface area contributed by atoms with Crippen LogP contribution >= 0.6 is 24.0 Å². The van der Waals surface area contributed by atoms with Crippen molar-refractivity contribution in [2.75, 3.05) is 5.75 Å². The first kappa shape index (κ1) is 19.6. The fourth-order valence-electron chi connectivity index (χ4n) is 3.50. The highest BCUT2D eigenvalue weighted by Crippen LogP contribution is 2.34. The van der Waals surface area contributed by atoms with Gasteiger partial charge < -0.3 is 9.88 Å². The summed E-state index contributed by atoms with van der Waals surface area (Å²) in [5.41, 5.74) is 4.77. The summed E-state index contributed by atoms with van der Waals surface area (Å²) in [5.74, 6) is 0.507. The van der Waals surface area contributed by atoms with Gasteiger partial charge in [-0.15, -0.1) is 6.58 Å². The molecule has 4 rings (SSSR count). The molecule has 0 radical (unpaired) electrons. The summed E-state index contributed by atoms with van der Waals surface area (Å²) in [6.45, 7) is 4.24. The van der Waals surface area contributed by atoms with E-state index in [1.165, 1.54) is 29.3 Å². The number of thiocarbonyl (C=S) groups is 1. The van der Waals surface area contributed by atoms with E-state index in [0.29, 0.717) is 10.9 Å². The Hall–Kier alpha value is -2.70. The van der Waals surface area contributed by atoms with Crippen LogP contribution in [-0.2, 0) is 13.6 Å². The standard InChI is InChI=1S/C23H20FN3S2/c1-3-12-29-23(28)25-14-17-13-19-18-6-4-5-7-20(18)27(2)22(19)21(26-17)15-8-10-16(24)11-9-15/h3-11,13H,1,12,14H2,2H3,(H,25,28). The van der Waals surface area contributed by atoms with Gasteiger partial charge in [-0.2, -0.15) is 0 Å². The summed E-state index contributed by atoms with van der Waals surface area (Å²) in [4.78, 5) is 4.91. The molecule has 6 heteroatoms. The minimum Gasteiger partial charge on any atom is -0.365 e. The fraction of sp³-hybridized carbons (Fsp3) is 0.130. The molecule has 0 aliphatic heterocycles. The molecular weight excluding hydrogens is 401 g/mol. The Kier molecular flexibility index (Phi) is 5.65. The average Bonchev–Trinajstić information content (AvgIpc) is 3.03. The van der Waals surface area contributed by atoms with E-state index in [1.807, 2.05) is 25.3 Å². The number of aromatic nitrogens is 2. The van der Waals surface area contributed by atoms with Crippen LogP contribution in [0.5, 0.6) is 0 Å². The number of nitrogens with zero attached hydrogens (tertiary/aromatic N) is 2. The molecule has 3 nitrogen and oxygen atoms in total. The zero-order valence-corrected chi connectivity index (χ0v) is 17.6. The molecule has 146 valence electrons. The minimum atomic E-state index is -0.260. The third kappa shape index (κ3) is 3.91. The molecule has 0 aliphatic rings. The number of rotatable bonds is 5. The van der Waals surface area contributed by atoms with Gasteiger partial charge in [0.15, 0.2) is 0 Å². The highest BCUT2D eigenvalue weighted by molar-refractivity contribution is 8.23. The number of hydrogen-bond donors (Lipinski definition) is 1. The zero-order valence-electron chi connectivity index (χ0n) is 16.0. The van der Waals surface area contributed by atoms with Crippen molar-refractivity contribution in [3.05, 3.63) is 78.8 Å². The Morgan fingerprint density at radius 1 is 1.21 bits per heavy atom. The van der Waals surface area contributed by atoms with Crippen LogP contribution in [0, 0.1) is 5.82 Å². The number of para-hydroxylation sites is 1. The smallest absolute Gasteiger partial charge is 0.134 e. The number of thioether (sulfide) groups is 1. The third-order valence-corrected chi connectivity index (χ3v) is 6.11. The van der Waals surface area contributed by atoms with E-state index in [0.717, 1.165) is 39.1 Å². The Morgan fingerprint density at radius 2 is 1.97 bits per heavy atom. The molecular formula is C23H20FN3S2. The lowest BCUT2D eigenvalue weighted by Crippen LogP contribution is -2.18. The van der Waals surface area contributed by atoms with E-state index >= 15 is 0 Å². The van der Waals surface area contributed by atoms with Crippen molar-refractivity contribution < 1.29 is 4.39 Å². The molecule has 0 saturated carbocycles. The number of benzene rings is 2. The van der Waals surface area contributed by atoms with Gasteiger partial charge in [0.05, 0.1) is 23.4 Å². The number of halogens is 1. The fourth-order valence-corrected chi connectivity index (χ4v) is 4.22. The monoisotopic (exact) mass is 421 g/mol. The van der Waals surface area contributed by atoms with E-state index < -0.39 is 0 Å². The molecule has 2 heterocycles. The van der Waals surface area contributed by atoms with E-state index in [1.54, 1.807) is 12.1 Å². The largest absolute Gasteiger partial charge is 0.365 e. The number of fused-ring (bicyclic) bond motifs is 3. The van der Waals surface area contributed by atoms with Crippen molar-refractivity contribution in [3.63, 3.8) is 0 Å². The van der Waals surface area contributed by atoms with Gasteiger partial charge >= 0.3 is 0 Å². The van der Waals surface area contributed by atoms with Gasteiger partial charge in [0.2, 0.25) is 0 Å². The zero-order chi connectivity index (χ0) is 20.4. The molecule has 1 N–H and O–H groups in total. The lowest BCUT2D eigenvalue weighted by molar-refractivity contribution is 0.628. The number of nitrogens with one attached hydrogen (secondary N) is 1. The van der Waals surface area contributed by atoms with Crippen LogP contribution in [0.4, 0.5) is 4.39 Å². The van der Waals surface area contributed by atoms with Crippen molar-refractivity contribution in [2.45, 2.75) is 6.54 Å². The Bertz CT molecular complexity index is 1210. The van der Waals surface area contributed by atoms with Crippen LogP contribution < -0.4 is 5.32 Å². The first-order valence-corrected chi connectivity index (χ1v) is 10.6. The molecule has 0 amide bonds. The Balaban J connectivity index is 1.85. The number of aryl methyl sites for hydroxylation is 1. The molecule has 4 aromatic rings. The van der Waals surface area contributed by atoms with Crippen molar-refractivity contribution >= 4 is 50.1 Å². The molecule has 2 aromatic carbocycles. The molecule has 29 heavy (non-hydrogen) atoms. The van der Waals surface area contributed by atoms with Gasteiger partial charge in [0.25, 0.3) is 0 Å². The summed E-state index contributed by atoms with van der Waals surface area (Å²) in [7, 11) is 2.04. The highest BCUT2D eigenvalue weighted by Gasteiger charge is 2.16. The van der Waals surface area contributed by atoms with Gasteiger partial charge in [0.1, 0.15) is 10.1 Å². The number of hydrogen-bond acceptors (Lipinski definition) is 3. The van der Waals surface area contributed by atoms with E-state index in [9.17, 15) is 4.39 Å².